The van der Waals surface area contributed by atoms with Crippen molar-refractivity contribution >= 4 is 5.91 Å². The molecule has 2 aromatic carbocycles. The lowest BCUT2D eigenvalue weighted by atomic mass is 9.99. The Labute approximate surface area is 162 Å². The van der Waals surface area contributed by atoms with E-state index >= 15 is 0 Å². The highest BCUT2D eigenvalue weighted by Crippen LogP contribution is 2.24. The van der Waals surface area contributed by atoms with Gasteiger partial charge in [0.2, 0.25) is 0 Å². The molecule has 4 heteroatoms. The van der Waals surface area contributed by atoms with E-state index in [1.807, 2.05) is 43.3 Å². The van der Waals surface area contributed by atoms with Gasteiger partial charge in [0, 0.05) is 24.2 Å². The third-order valence-electron chi connectivity index (χ3n) is 5.32. The van der Waals surface area contributed by atoms with Crippen LogP contribution in [0.15, 0.2) is 48.5 Å². The average Bonchev–Trinajstić information content (AvgIpc) is 2.68. The van der Waals surface area contributed by atoms with Gasteiger partial charge in [0.05, 0.1) is 13.2 Å². The van der Waals surface area contributed by atoms with E-state index in [0.717, 1.165) is 23.8 Å². The summed E-state index contributed by atoms with van der Waals surface area (Å²) < 4.78 is 5.39. The van der Waals surface area contributed by atoms with Gasteiger partial charge in [-0.1, -0.05) is 37.3 Å². The van der Waals surface area contributed by atoms with Crippen molar-refractivity contribution in [1.82, 2.24) is 10.2 Å². The summed E-state index contributed by atoms with van der Waals surface area (Å²) in [6.07, 6.45) is 2.61. The Morgan fingerprint density at radius 3 is 2.67 bits per heavy atom. The highest BCUT2D eigenvalue weighted by Gasteiger charge is 2.17. The van der Waals surface area contributed by atoms with E-state index in [1.165, 1.54) is 31.5 Å². The molecule has 2 aromatic rings. The molecule has 0 radical (unpaired) electrons. The second-order valence-electron chi connectivity index (χ2n) is 7.62. The molecule has 1 aliphatic heterocycles. The number of methoxy groups -OCH3 is 1. The van der Waals surface area contributed by atoms with Crippen LogP contribution in [0.25, 0.3) is 0 Å². The minimum Gasteiger partial charge on any atom is -0.496 e. The van der Waals surface area contributed by atoms with Crippen molar-refractivity contribution in [3.63, 3.8) is 0 Å². The van der Waals surface area contributed by atoms with Crippen molar-refractivity contribution < 1.29 is 9.53 Å². The molecule has 0 aromatic heterocycles. The molecule has 0 spiro atoms. The number of amides is 1. The number of nitrogens with one attached hydrogen (secondary N) is 1. The normalized spacial score (nSPS) is 18.7. The maximum absolute atomic E-state index is 12.6. The molecule has 0 unspecified atom stereocenters. The van der Waals surface area contributed by atoms with Gasteiger partial charge in [0.15, 0.2) is 0 Å². The summed E-state index contributed by atoms with van der Waals surface area (Å²) in [4.78, 5) is 15.1. The number of likely N-dealkylation sites (tertiary alicyclic amines) is 1. The summed E-state index contributed by atoms with van der Waals surface area (Å²) in [6.45, 7) is 7.59. The second kappa shape index (κ2) is 9.05. The molecular weight excluding hydrogens is 336 g/mol. The van der Waals surface area contributed by atoms with Crippen molar-refractivity contribution in [2.45, 2.75) is 39.3 Å². The Balaban J connectivity index is 1.60. The molecule has 3 rings (SSSR count). The Kier molecular flexibility index (Phi) is 6.51. The van der Waals surface area contributed by atoms with Crippen molar-refractivity contribution in [3.05, 3.63) is 65.2 Å². The van der Waals surface area contributed by atoms with Gasteiger partial charge >= 0.3 is 0 Å². The number of nitrogens with zero attached hydrogens (tertiary/aromatic N) is 1. The predicted molar refractivity (Wildman–Crippen MR) is 109 cm³/mol. The number of benzene rings is 2. The summed E-state index contributed by atoms with van der Waals surface area (Å²) in [5.74, 6) is 1.50. The highest BCUT2D eigenvalue weighted by atomic mass is 16.5. The maximum atomic E-state index is 12.6. The number of ether oxygens (including phenoxy) is 1. The van der Waals surface area contributed by atoms with Gasteiger partial charge in [-0.3, -0.25) is 9.69 Å². The maximum Gasteiger partial charge on any atom is 0.251 e. The van der Waals surface area contributed by atoms with Crippen molar-refractivity contribution in [3.8, 4) is 5.75 Å². The van der Waals surface area contributed by atoms with Gasteiger partial charge in [-0.2, -0.15) is 0 Å². The first kappa shape index (κ1) is 19.4. The number of hydrogen-bond acceptors (Lipinski definition) is 3. The minimum absolute atomic E-state index is 0.0634. The van der Waals surface area contributed by atoms with E-state index in [1.54, 1.807) is 7.11 Å². The van der Waals surface area contributed by atoms with E-state index < -0.39 is 0 Å². The quantitative estimate of drug-likeness (QED) is 0.823. The van der Waals surface area contributed by atoms with Crippen LogP contribution >= 0.6 is 0 Å². The molecule has 2 atom stereocenters. The molecule has 1 aliphatic rings. The number of hydrogen-bond donors (Lipinski definition) is 1. The molecule has 27 heavy (non-hydrogen) atoms. The lowest BCUT2D eigenvalue weighted by molar-refractivity contribution is 0.0939. The number of carbonyl (C=O) groups is 1. The summed E-state index contributed by atoms with van der Waals surface area (Å²) >= 11 is 0. The molecular formula is C23H30N2O2. The molecule has 1 saturated heterocycles. The molecule has 1 fully saturated rings. The first-order valence-electron chi connectivity index (χ1n) is 9.82. The van der Waals surface area contributed by atoms with E-state index in [4.69, 9.17) is 4.74 Å². The van der Waals surface area contributed by atoms with E-state index in [-0.39, 0.29) is 11.9 Å². The van der Waals surface area contributed by atoms with Gasteiger partial charge in [-0.25, -0.2) is 0 Å². The van der Waals surface area contributed by atoms with Crippen LogP contribution in [-0.4, -0.2) is 31.0 Å². The van der Waals surface area contributed by atoms with Crippen LogP contribution in [0, 0.1) is 5.92 Å². The van der Waals surface area contributed by atoms with E-state index in [9.17, 15) is 4.79 Å². The fourth-order valence-corrected chi connectivity index (χ4v) is 3.83. The van der Waals surface area contributed by atoms with Gasteiger partial charge < -0.3 is 10.1 Å². The zero-order chi connectivity index (χ0) is 19.2. The third kappa shape index (κ3) is 5.10. The standard InChI is InChI=1S/C23H30N2O2/c1-17-7-6-14-25(15-17)16-19-10-12-20(13-11-19)23(26)24-18(2)21-8-4-5-9-22(21)27-3/h4-5,8-13,17-18H,6-7,14-16H2,1-3H3,(H,24,26)/t17-,18+/m0/s1. The van der Waals surface area contributed by atoms with Gasteiger partial charge in [0.25, 0.3) is 5.91 Å². The Bertz CT molecular complexity index is 757. The Morgan fingerprint density at radius 1 is 1.22 bits per heavy atom. The summed E-state index contributed by atoms with van der Waals surface area (Å²) in [5.41, 5.74) is 2.93. The summed E-state index contributed by atoms with van der Waals surface area (Å²) in [7, 11) is 1.65. The average molecular weight is 367 g/mol. The Morgan fingerprint density at radius 2 is 1.96 bits per heavy atom. The number of rotatable bonds is 6. The van der Waals surface area contributed by atoms with Crippen LogP contribution in [0.3, 0.4) is 0 Å². The van der Waals surface area contributed by atoms with E-state index in [0.29, 0.717) is 5.56 Å². The number of carbonyl (C=O) groups excluding carboxylic acids is 1. The third-order valence-corrected chi connectivity index (χ3v) is 5.32. The van der Waals surface area contributed by atoms with Gasteiger partial charge in [0.1, 0.15) is 5.75 Å². The van der Waals surface area contributed by atoms with Crippen LogP contribution in [0.4, 0.5) is 0 Å². The van der Waals surface area contributed by atoms with Crippen molar-refractivity contribution in [2.24, 2.45) is 5.92 Å². The van der Waals surface area contributed by atoms with Crippen molar-refractivity contribution in [1.29, 1.82) is 0 Å². The fraction of sp³-hybridized carbons (Fsp3) is 0.435. The topological polar surface area (TPSA) is 41.6 Å². The number of para-hydroxylation sites is 1. The molecule has 4 nitrogen and oxygen atoms in total. The van der Waals surface area contributed by atoms with E-state index in [2.05, 4.69) is 29.3 Å². The van der Waals surface area contributed by atoms with Crippen LogP contribution in [-0.2, 0) is 6.54 Å². The molecule has 1 N–H and O–H groups in total. The molecule has 0 bridgehead atoms. The summed E-state index contributed by atoms with van der Waals surface area (Å²) in [5, 5.41) is 3.06. The lowest BCUT2D eigenvalue weighted by Crippen LogP contribution is -2.33. The highest BCUT2D eigenvalue weighted by molar-refractivity contribution is 5.94. The Hall–Kier alpha value is -2.33. The zero-order valence-corrected chi connectivity index (χ0v) is 16.6. The fourth-order valence-electron chi connectivity index (χ4n) is 3.83. The second-order valence-corrected chi connectivity index (χ2v) is 7.62. The monoisotopic (exact) mass is 366 g/mol. The first-order chi connectivity index (χ1) is 13.1. The SMILES string of the molecule is COc1ccccc1[C@@H](C)NC(=O)c1ccc(CN2CCC[C@H](C)C2)cc1. The largest absolute Gasteiger partial charge is 0.496 e. The van der Waals surface area contributed by atoms with Crippen LogP contribution in [0.1, 0.15) is 54.2 Å². The smallest absolute Gasteiger partial charge is 0.251 e. The predicted octanol–water partition coefficient (Wildman–Crippen LogP) is 4.42. The van der Waals surface area contributed by atoms with Gasteiger partial charge in [-0.05, 0) is 56.0 Å². The van der Waals surface area contributed by atoms with Crippen molar-refractivity contribution in [2.75, 3.05) is 20.2 Å². The molecule has 1 amide bonds. The molecule has 1 heterocycles. The van der Waals surface area contributed by atoms with Crippen LogP contribution < -0.4 is 10.1 Å². The first-order valence-corrected chi connectivity index (χ1v) is 9.82. The minimum atomic E-state index is -0.122. The van der Waals surface area contributed by atoms with Gasteiger partial charge in [-0.15, -0.1) is 0 Å². The summed E-state index contributed by atoms with van der Waals surface area (Å²) in [6, 6.07) is 15.6. The zero-order valence-electron chi connectivity index (χ0n) is 16.6. The lowest BCUT2D eigenvalue weighted by Gasteiger charge is -2.30. The molecule has 0 saturated carbocycles. The molecule has 144 valence electrons. The molecule has 0 aliphatic carbocycles. The van der Waals surface area contributed by atoms with Crippen LogP contribution in [0.5, 0.6) is 5.75 Å². The number of piperidine rings is 1. The van der Waals surface area contributed by atoms with Crippen LogP contribution in [0.2, 0.25) is 0 Å².